The number of carbonyl (C=O) groups is 1. The topological polar surface area (TPSA) is 55.6 Å². The van der Waals surface area contributed by atoms with Crippen molar-refractivity contribution in [3.63, 3.8) is 0 Å². The van der Waals surface area contributed by atoms with Gasteiger partial charge in [-0.25, -0.2) is 4.39 Å². The number of carbonyl (C=O) groups excluding carboxylic acids is 1. The molecule has 0 aliphatic carbocycles. The summed E-state index contributed by atoms with van der Waals surface area (Å²) in [6, 6.07) is 17.0. The molecule has 1 saturated heterocycles. The lowest BCUT2D eigenvalue weighted by molar-refractivity contribution is -0.122. The number of ether oxygens (including phenoxy) is 1. The number of piperidine rings is 1. The number of nitrogens with zero attached hydrogens (tertiary/aromatic N) is 1. The number of likely N-dealkylation sites (tertiary alicyclic amines) is 1. The van der Waals surface area contributed by atoms with Crippen LogP contribution in [0.2, 0.25) is 0 Å². The van der Waals surface area contributed by atoms with Crippen molar-refractivity contribution < 1.29 is 13.9 Å². The predicted molar refractivity (Wildman–Crippen MR) is 105 cm³/mol. The molecule has 5 heteroatoms. The summed E-state index contributed by atoms with van der Waals surface area (Å²) in [6.07, 6.45) is 1.91. The summed E-state index contributed by atoms with van der Waals surface area (Å²) in [4.78, 5) is 13.0. The first-order valence-electron chi connectivity index (χ1n) is 9.25. The smallest absolute Gasteiger partial charge is 0.243 e. The number of hydrogen-bond acceptors (Lipinski definition) is 3. The molecule has 1 aliphatic rings. The van der Waals surface area contributed by atoms with Crippen LogP contribution in [0.25, 0.3) is 5.57 Å². The fraction of sp³-hybridized carbons (Fsp3) is 0.318. The summed E-state index contributed by atoms with van der Waals surface area (Å²) in [5, 5.41) is 0. The van der Waals surface area contributed by atoms with Crippen LogP contribution in [0.5, 0.6) is 0 Å². The van der Waals surface area contributed by atoms with E-state index in [9.17, 15) is 9.18 Å². The Morgan fingerprint density at radius 1 is 1.00 bits per heavy atom. The highest BCUT2D eigenvalue weighted by Crippen LogP contribution is 2.32. The minimum Gasteiger partial charge on any atom is -0.370 e. The van der Waals surface area contributed by atoms with Gasteiger partial charge in [0.1, 0.15) is 12.4 Å². The molecular formula is C22H25FN2O2. The number of rotatable bonds is 7. The van der Waals surface area contributed by atoms with Gasteiger partial charge in [-0.2, -0.15) is 0 Å². The predicted octanol–water partition coefficient (Wildman–Crippen LogP) is 3.23. The molecule has 0 radical (unpaired) electrons. The van der Waals surface area contributed by atoms with Crippen molar-refractivity contribution in [2.24, 2.45) is 5.73 Å². The molecule has 1 fully saturated rings. The second kappa shape index (κ2) is 9.44. The van der Waals surface area contributed by atoms with E-state index in [0.29, 0.717) is 6.61 Å². The summed E-state index contributed by atoms with van der Waals surface area (Å²) >= 11 is 0. The molecule has 1 aliphatic heterocycles. The summed E-state index contributed by atoms with van der Waals surface area (Å²) in [7, 11) is 0. The van der Waals surface area contributed by atoms with Gasteiger partial charge < -0.3 is 15.4 Å². The van der Waals surface area contributed by atoms with Gasteiger partial charge in [0.25, 0.3) is 0 Å². The molecule has 3 rings (SSSR count). The van der Waals surface area contributed by atoms with Crippen molar-refractivity contribution >= 4 is 11.5 Å². The van der Waals surface area contributed by atoms with Crippen LogP contribution in [0, 0.1) is 5.82 Å². The summed E-state index contributed by atoms with van der Waals surface area (Å²) < 4.78 is 18.6. The maximum atomic E-state index is 13.4. The largest absolute Gasteiger partial charge is 0.370 e. The van der Waals surface area contributed by atoms with Gasteiger partial charge in [-0.15, -0.1) is 0 Å². The molecule has 1 amide bonds. The SMILES string of the molecule is NC(=O)COCCN1CCC(=C(c2ccccc2)c2ccc(F)cc2)CC1. The Morgan fingerprint density at radius 3 is 2.26 bits per heavy atom. The van der Waals surface area contributed by atoms with Crippen molar-refractivity contribution in [2.75, 3.05) is 32.8 Å². The zero-order valence-electron chi connectivity index (χ0n) is 15.4. The van der Waals surface area contributed by atoms with E-state index in [-0.39, 0.29) is 12.4 Å². The number of hydrogen-bond donors (Lipinski definition) is 1. The third kappa shape index (κ3) is 5.49. The van der Waals surface area contributed by atoms with Gasteiger partial charge in [0, 0.05) is 19.6 Å². The average molecular weight is 368 g/mol. The van der Waals surface area contributed by atoms with Crippen molar-refractivity contribution in [3.05, 3.63) is 77.1 Å². The van der Waals surface area contributed by atoms with Crippen molar-refractivity contribution in [3.8, 4) is 0 Å². The van der Waals surface area contributed by atoms with Crippen molar-refractivity contribution in [1.82, 2.24) is 4.90 Å². The van der Waals surface area contributed by atoms with E-state index in [1.807, 2.05) is 30.3 Å². The van der Waals surface area contributed by atoms with E-state index in [0.717, 1.165) is 43.6 Å². The Balaban J connectivity index is 1.72. The summed E-state index contributed by atoms with van der Waals surface area (Å²) in [6.45, 7) is 3.14. The monoisotopic (exact) mass is 368 g/mol. The standard InChI is InChI=1S/C22H25FN2O2/c23-20-8-6-18(7-9-20)22(17-4-2-1-3-5-17)19-10-12-25(13-11-19)14-15-27-16-21(24)26/h1-9H,10-16H2,(H2,24,26). The molecule has 0 saturated carbocycles. The number of nitrogens with two attached hydrogens (primary N) is 1. The van der Waals surface area contributed by atoms with E-state index in [2.05, 4.69) is 17.0 Å². The summed E-state index contributed by atoms with van der Waals surface area (Å²) in [5.74, 6) is -0.660. The zero-order chi connectivity index (χ0) is 19.1. The van der Waals surface area contributed by atoms with Gasteiger partial charge in [0.15, 0.2) is 0 Å². The van der Waals surface area contributed by atoms with E-state index in [4.69, 9.17) is 10.5 Å². The quantitative estimate of drug-likeness (QED) is 0.764. The minimum absolute atomic E-state index is 0.0261. The lowest BCUT2D eigenvalue weighted by atomic mass is 9.88. The molecule has 142 valence electrons. The van der Waals surface area contributed by atoms with Crippen LogP contribution in [0.1, 0.15) is 24.0 Å². The highest BCUT2D eigenvalue weighted by molar-refractivity contribution is 5.82. The molecule has 0 atom stereocenters. The van der Waals surface area contributed by atoms with Crippen LogP contribution >= 0.6 is 0 Å². The normalized spacial score (nSPS) is 14.9. The molecule has 27 heavy (non-hydrogen) atoms. The minimum atomic E-state index is -0.439. The first kappa shape index (κ1) is 19.3. The first-order valence-corrected chi connectivity index (χ1v) is 9.25. The van der Waals surface area contributed by atoms with Crippen molar-refractivity contribution in [1.29, 1.82) is 0 Å². The van der Waals surface area contributed by atoms with Crippen LogP contribution in [0.3, 0.4) is 0 Å². The lowest BCUT2D eigenvalue weighted by Gasteiger charge is -2.30. The number of amides is 1. The number of halogens is 1. The fourth-order valence-corrected chi connectivity index (χ4v) is 3.46. The maximum Gasteiger partial charge on any atom is 0.243 e. The van der Waals surface area contributed by atoms with Crippen molar-refractivity contribution in [2.45, 2.75) is 12.8 Å². The molecule has 2 N–H and O–H groups in total. The van der Waals surface area contributed by atoms with Gasteiger partial charge >= 0.3 is 0 Å². The number of benzene rings is 2. The fourth-order valence-electron chi connectivity index (χ4n) is 3.46. The molecule has 1 heterocycles. The highest BCUT2D eigenvalue weighted by Gasteiger charge is 2.19. The van der Waals surface area contributed by atoms with E-state index < -0.39 is 5.91 Å². The molecule has 0 bridgehead atoms. The molecule has 2 aromatic carbocycles. The van der Waals surface area contributed by atoms with Crippen LogP contribution in [0.4, 0.5) is 4.39 Å². The third-order valence-electron chi connectivity index (χ3n) is 4.80. The Morgan fingerprint density at radius 2 is 1.63 bits per heavy atom. The van der Waals surface area contributed by atoms with E-state index in [1.165, 1.54) is 23.3 Å². The van der Waals surface area contributed by atoms with Gasteiger partial charge in [0.05, 0.1) is 6.61 Å². The van der Waals surface area contributed by atoms with Gasteiger partial charge in [-0.1, -0.05) is 48.0 Å². The van der Waals surface area contributed by atoms with Crippen LogP contribution < -0.4 is 5.73 Å². The van der Waals surface area contributed by atoms with Crippen LogP contribution in [-0.4, -0.2) is 43.7 Å². The Bertz CT molecular complexity index is 778. The van der Waals surface area contributed by atoms with E-state index in [1.54, 1.807) is 0 Å². The zero-order valence-corrected chi connectivity index (χ0v) is 15.4. The molecule has 0 aromatic heterocycles. The van der Waals surface area contributed by atoms with Crippen LogP contribution in [-0.2, 0) is 9.53 Å². The maximum absolute atomic E-state index is 13.4. The molecule has 0 spiro atoms. The molecular weight excluding hydrogens is 343 g/mol. The molecule has 2 aromatic rings. The lowest BCUT2D eigenvalue weighted by Crippen LogP contribution is -2.34. The Labute approximate surface area is 159 Å². The second-order valence-corrected chi connectivity index (χ2v) is 6.71. The Hall–Kier alpha value is -2.50. The average Bonchev–Trinajstić information content (AvgIpc) is 2.69. The second-order valence-electron chi connectivity index (χ2n) is 6.71. The first-order chi connectivity index (χ1) is 13.1. The van der Waals surface area contributed by atoms with Gasteiger partial charge in [0.2, 0.25) is 5.91 Å². The molecule has 0 unspecified atom stereocenters. The summed E-state index contributed by atoms with van der Waals surface area (Å²) in [5.41, 5.74) is 9.89. The van der Waals surface area contributed by atoms with Gasteiger partial charge in [-0.05, 0) is 41.7 Å². The van der Waals surface area contributed by atoms with E-state index >= 15 is 0 Å². The number of primary amides is 1. The van der Waals surface area contributed by atoms with Gasteiger partial charge in [-0.3, -0.25) is 4.79 Å². The molecule has 4 nitrogen and oxygen atoms in total. The third-order valence-corrected chi connectivity index (χ3v) is 4.80. The van der Waals surface area contributed by atoms with Crippen LogP contribution in [0.15, 0.2) is 60.2 Å². The Kier molecular flexibility index (Phi) is 6.74. The highest BCUT2D eigenvalue weighted by atomic mass is 19.1.